The fourth-order valence-electron chi connectivity index (χ4n) is 2.32. The first-order valence-corrected chi connectivity index (χ1v) is 7.10. The first-order valence-electron chi connectivity index (χ1n) is 6.28. The lowest BCUT2D eigenvalue weighted by molar-refractivity contribution is -0.144. The third kappa shape index (κ3) is 2.68. The summed E-state index contributed by atoms with van der Waals surface area (Å²) < 4.78 is 0. The number of carboxylic acid groups (broad SMARTS) is 1. The van der Waals surface area contributed by atoms with Crippen LogP contribution >= 0.6 is 11.3 Å². The van der Waals surface area contributed by atoms with Crippen molar-refractivity contribution in [2.75, 3.05) is 0 Å². The van der Waals surface area contributed by atoms with Crippen molar-refractivity contribution in [1.82, 2.24) is 4.98 Å². The number of thiazole rings is 1. The maximum atomic E-state index is 11.8. The van der Waals surface area contributed by atoms with Gasteiger partial charge < -0.3 is 5.11 Å². The molecule has 0 bridgehead atoms. The predicted molar refractivity (Wildman–Crippen MR) is 76.6 cm³/mol. The molecule has 0 aliphatic heterocycles. The van der Waals surface area contributed by atoms with E-state index in [1.807, 2.05) is 44.2 Å². The Labute approximate surface area is 116 Å². The van der Waals surface area contributed by atoms with Gasteiger partial charge in [-0.05, 0) is 18.9 Å². The Morgan fingerprint density at radius 1 is 1.37 bits per heavy atom. The van der Waals surface area contributed by atoms with Crippen molar-refractivity contribution in [3.05, 3.63) is 52.0 Å². The van der Waals surface area contributed by atoms with E-state index >= 15 is 0 Å². The van der Waals surface area contributed by atoms with E-state index in [0.29, 0.717) is 12.8 Å². The van der Waals surface area contributed by atoms with Crippen molar-refractivity contribution in [2.24, 2.45) is 0 Å². The zero-order chi connectivity index (χ0) is 13.9. The predicted octanol–water partition coefficient (Wildman–Crippen LogP) is 3.43. The molecule has 0 saturated carbocycles. The molecular formula is C15H17NO2S. The number of aliphatic carboxylic acids is 1. The number of hydrogen-bond acceptors (Lipinski definition) is 3. The van der Waals surface area contributed by atoms with Crippen LogP contribution in [0.4, 0.5) is 0 Å². The van der Waals surface area contributed by atoms with Crippen LogP contribution in [0.1, 0.15) is 28.8 Å². The van der Waals surface area contributed by atoms with E-state index in [-0.39, 0.29) is 0 Å². The lowest BCUT2D eigenvalue weighted by Gasteiger charge is -2.28. The second kappa shape index (κ2) is 5.53. The minimum atomic E-state index is -0.861. The van der Waals surface area contributed by atoms with Crippen LogP contribution in [0.5, 0.6) is 0 Å². The number of carbonyl (C=O) groups is 1. The maximum Gasteiger partial charge on any atom is 0.314 e. The molecule has 1 aromatic heterocycles. The highest BCUT2D eigenvalue weighted by Gasteiger charge is 2.39. The normalized spacial score (nSPS) is 14.0. The number of nitrogens with zero attached hydrogens (tertiary/aromatic N) is 1. The van der Waals surface area contributed by atoms with Crippen molar-refractivity contribution < 1.29 is 9.90 Å². The van der Waals surface area contributed by atoms with E-state index in [0.717, 1.165) is 15.4 Å². The molecule has 0 radical (unpaired) electrons. The standard InChI is InChI=1S/C15H17NO2S/c1-3-15(14(17)18,12-7-5-4-6-8-12)9-13-10-16-11(2)19-13/h4-8,10H,3,9H2,1-2H3,(H,17,18). The number of carboxylic acids is 1. The minimum Gasteiger partial charge on any atom is -0.481 e. The molecule has 2 rings (SSSR count). The van der Waals surface area contributed by atoms with Crippen LogP contribution in [0, 0.1) is 6.92 Å². The molecule has 100 valence electrons. The van der Waals surface area contributed by atoms with Gasteiger partial charge >= 0.3 is 5.97 Å². The zero-order valence-corrected chi connectivity index (χ0v) is 11.9. The van der Waals surface area contributed by atoms with Crippen LogP contribution in [-0.2, 0) is 16.6 Å². The summed E-state index contributed by atoms with van der Waals surface area (Å²) in [7, 11) is 0. The maximum absolute atomic E-state index is 11.8. The highest BCUT2D eigenvalue weighted by molar-refractivity contribution is 7.11. The van der Waals surface area contributed by atoms with E-state index in [1.165, 1.54) is 0 Å². The lowest BCUT2D eigenvalue weighted by Crippen LogP contribution is -2.37. The molecule has 0 saturated heterocycles. The summed E-state index contributed by atoms with van der Waals surface area (Å²) in [4.78, 5) is 17.1. The summed E-state index contributed by atoms with van der Waals surface area (Å²) >= 11 is 1.57. The number of aromatic nitrogens is 1. The monoisotopic (exact) mass is 275 g/mol. The Hall–Kier alpha value is -1.68. The van der Waals surface area contributed by atoms with E-state index < -0.39 is 11.4 Å². The van der Waals surface area contributed by atoms with E-state index in [1.54, 1.807) is 17.5 Å². The topological polar surface area (TPSA) is 50.2 Å². The molecule has 4 heteroatoms. The minimum absolute atomic E-state index is 0.494. The summed E-state index contributed by atoms with van der Waals surface area (Å²) in [6.45, 7) is 3.86. The van der Waals surface area contributed by atoms with E-state index in [4.69, 9.17) is 0 Å². The van der Waals surface area contributed by atoms with Gasteiger partial charge in [-0.1, -0.05) is 37.3 Å². The molecule has 1 aromatic carbocycles. The fourth-order valence-corrected chi connectivity index (χ4v) is 3.23. The van der Waals surface area contributed by atoms with Crippen LogP contribution in [0.3, 0.4) is 0 Å². The smallest absolute Gasteiger partial charge is 0.314 e. The zero-order valence-electron chi connectivity index (χ0n) is 11.1. The molecule has 1 atom stereocenters. The van der Waals surface area contributed by atoms with Crippen molar-refractivity contribution >= 4 is 17.3 Å². The molecule has 3 nitrogen and oxygen atoms in total. The van der Waals surface area contributed by atoms with Crippen LogP contribution in [-0.4, -0.2) is 16.1 Å². The Bertz CT molecular complexity index is 565. The van der Waals surface area contributed by atoms with E-state index in [2.05, 4.69) is 4.98 Å². The Morgan fingerprint density at radius 2 is 2.05 bits per heavy atom. The summed E-state index contributed by atoms with van der Waals surface area (Å²) in [5.74, 6) is -0.771. The van der Waals surface area contributed by atoms with Crippen molar-refractivity contribution in [3.8, 4) is 0 Å². The molecule has 2 aromatic rings. The van der Waals surface area contributed by atoms with E-state index in [9.17, 15) is 9.90 Å². The second-order valence-electron chi connectivity index (χ2n) is 4.63. The number of aryl methyl sites for hydroxylation is 1. The van der Waals surface area contributed by atoms with Crippen molar-refractivity contribution in [2.45, 2.75) is 32.1 Å². The van der Waals surface area contributed by atoms with Gasteiger partial charge in [0.15, 0.2) is 0 Å². The van der Waals surface area contributed by atoms with Crippen molar-refractivity contribution in [3.63, 3.8) is 0 Å². The van der Waals surface area contributed by atoms with Gasteiger partial charge in [0.25, 0.3) is 0 Å². The first-order chi connectivity index (χ1) is 9.08. The van der Waals surface area contributed by atoms with Gasteiger partial charge in [-0.3, -0.25) is 4.79 Å². The number of rotatable bonds is 5. The number of hydrogen-bond donors (Lipinski definition) is 1. The van der Waals surface area contributed by atoms with Crippen LogP contribution < -0.4 is 0 Å². The molecule has 0 aliphatic rings. The third-order valence-corrected chi connectivity index (χ3v) is 4.40. The van der Waals surface area contributed by atoms with Crippen LogP contribution in [0.15, 0.2) is 36.5 Å². The van der Waals surface area contributed by atoms with Crippen LogP contribution in [0.25, 0.3) is 0 Å². The number of benzene rings is 1. The molecule has 19 heavy (non-hydrogen) atoms. The summed E-state index contributed by atoms with van der Waals surface area (Å²) in [5.41, 5.74) is -0.00342. The molecule has 0 spiro atoms. The first kappa shape index (κ1) is 13.7. The largest absolute Gasteiger partial charge is 0.481 e. The summed E-state index contributed by atoms with van der Waals surface area (Å²) in [5, 5.41) is 10.7. The van der Waals surface area contributed by atoms with Gasteiger partial charge in [0.2, 0.25) is 0 Å². The van der Waals surface area contributed by atoms with Crippen LogP contribution in [0.2, 0.25) is 0 Å². The second-order valence-corrected chi connectivity index (χ2v) is 5.95. The van der Waals surface area contributed by atoms with Gasteiger partial charge in [0.1, 0.15) is 0 Å². The average molecular weight is 275 g/mol. The highest BCUT2D eigenvalue weighted by atomic mass is 32.1. The molecule has 0 aliphatic carbocycles. The molecule has 1 N–H and O–H groups in total. The molecule has 0 fully saturated rings. The Morgan fingerprint density at radius 3 is 2.53 bits per heavy atom. The quantitative estimate of drug-likeness (QED) is 0.909. The average Bonchev–Trinajstić information content (AvgIpc) is 2.82. The molecule has 1 unspecified atom stereocenters. The third-order valence-electron chi connectivity index (χ3n) is 3.48. The fraction of sp³-hybridized carbons (Fsp3) is 0.333. The van der Waals surface area contributed by atoms with Gasteiger partial charge in [-0.25, -0.2) is 4.98 Å². The van der Waals surface area contributed by atoms with Gasteiger partial charge in [0, 0.05) is 17.5 Å². The van der Waals surface area contributed by atoms with Gasteiger partial charge in [-0.2, -0.15) is 0 Å². The summed E-state index contributed by atoms with van der Waals surface area (Å²) in [6, 6.07) is 9.47. The lowest BCUT2D eigenvalue weighted by atomic mass is 9.75. The van der Waals surface area contributed by atoms with Gasteiger partial charge in [0.05, 0.1) is 10.4 Å². The van der Waals surface area contributed by atoms with Gasteiger partial charge in [-0.15, -0.1) is 11.3 Å². The molecule has 1 heterocycles. The van der Waals surface area contributed by atoms with Crippen molar-refractivity contribution in [1.29, 1.82) is 0 Å². The SMILES string of the molecule is CCC(Cc1cnc(C)s1)(C(=O)O)c1ccccc1. The Kier molecular flexibility index (Phi) is 4.00. The molecule has 0 amide bonds. The summed E-state index contributed by atoms with van der Waals surface area (Å²) in [6.07, 6.45) is 2.84. The highest BCUT2D eigenvalue weighted by Crippen LogP contribution is 2.34. The Balaban J connectivity index is 2.43. The molecular weight excluding hydrogens is 258 g/mol.